The van der Waals surface area contributed by atoms with Crippen LogP contribution in [0, 0.1) is 0 Å². The van der Waals surface area contributed by atoms with Gasteiger partial charge in [0.1, 0.15) is 5.56 Å². The van der Waals surface area contributed by atoms with E-state index in [1.807, 2.05) is 0 Å². The lowest BCUT2D eigenvalue weighted by molar-refractivity contribution is 0.0762. The molecule has 1 aromatic heterocycles. The number of hydrogen-bond acceptors (Lipinski definition) is 3. The molecule has 0 saturated carbocycles. The number of carbonyl (C=O) groups excluding carboxylic acids is 1. The van der Waals surface area contributed by atoms with Crippen LogP contribution >= 0.6 is 0 Å². The third kappa shape index (κ3) is 1.86. The Hall–Kier alpha value is -1.62. The Kier molecular flexibility index (Phi) is 2.78. The van der Waals surface area contributed by atoms with Crippen LogP contribution in [-0.2, 0) is 7.05 Å². The van der Waals surface area contributed by atoms with Crippen molar-refractivity contribution in [2.45, 2.75) is 12.5 Å². The molecule has 5 heteroatoms. The van der Waals surface area contributed by atoms with Crippen LogP contribution in [0.2, 0.25) is 0 Å². The highest BCUT2D eigenvalue weighted by molar-refractivity contribution is 5.94. The van der Waals surface area contributed by atoms with Gasteiger partial charge in [0.15, 0.2) is 0 Å². The zero-order chi connectivity index (χ0) is 11.7. The molecule has 1 fully saturated rings. The predicted molar refractivity (Wildman–Crippen MR) is 58.2 cm³/mol. The lowest BCUT2D eigenvalue weighted by atomic mass is 10.2. The first-order valence-electron chi connectivity index (χ1n) is 5.22. The third-order valence-corrected chi connectivity index (χ3v) is 2.80. The maximum Gasteiger partial charge on any atom is 0.263 e. The minimum Gasteiger partial charge on any atom is -0.391 e. The Morgan fingerprint density at radius 1 is 1.56 bits per heavy atom. The van der Waals surface area contributed by atoms with Crippen molar-refractivity contribution in [2.24, 2.45) is 7.05 Å². The van der Waals surface area contributed by atoms with E-state index in [4.69, 9.17) is 0 Å². The second-order valence-corrected chi connectivity index (χ2v) is 4.03. The summed E-state index contributed by atoms with van der Waals surface area (Å²) in [7, 11) is 1.61. The van der Waals surface area contributed by atoms with Gasteiger partial charge in [0.25, 0.3) is 11.5 Å². The van der Waals surface area contributed by atoms with Gasteiger partial charge in [-0.3, -0.25) is 9.59 Å². The maximum absolute atomic E-state index is 12.0. The van der Waals surface area contributed by atoms with E-state index in [0.717, 1.165) is 0 Å². The summed E-state index contributed by atoms with van der Waals surface area (Å²) in [6.07, 6.45) is 1.73. The van der Waals surface area contributed by atoms with Gasteiger partial charge in [0.2, 0.25) is 0 Å². The van der Waals surface area contributed by atoms with E-state index in [2.05, 4.69) is 0 Å². The number of aliphatic hydroxyl groups excluding tert-OH is 1. The van der Waals surface area contributed by atoms with Crippen molar-refractivity contribution in [3.63, 3.8) is 0 Å². The number of amides is 1. The van der Waals surface area contributed by atoms with Gasteiger partial charge < -0.3 is 14.6 Å². The normalized spacial score (nSPS) is 20.1. The fourth-order valence-corrected chi connectivity index (χ4v) is 1.86. The minimum atomic E-state index is -0.462. The van der Waals surface area contributed by atoms with Gasteiger partial charge in [-0.2, -0.15) is 0 Å². The molecule has 1 N–H and O–H groups in total. The van der Waals surface area contributed by atoms with Crippen molar-refractivity contribution in [1.29, 1.82) is 0 Å². The molecule has 0 bridgehead atoms. The molecule has 1 aliphatic rings. The van der Waals surface area contributed by atoms with E-state index < -0.39 is 6.10 Å². The molecule has 16 heavy (non-hydrogen) atoms. The van der Waals surface area contributed by atoms with Gasteiger partial charge in [-0.1, -0.05) is 0 Å². The number of likely N-dealkylation sites (tertiary alicyclic amines) is 1. The Bertz CT molecular complexity index is 467. The molecule has 1 saturated heterocycles. The zero-order valence-corrected chi connectivity index (χ0v) is 9.09. The van der Waals surface area contributed by atoms with Gasteiger partial charge in [0, 0.05) is 26.3 Å². The Balaban J connectivity index is 2.28. The van der Waals surface area contributed by atoms with E-state index in [1.54, 1.807) is 19.3 Å². The number of hydrogen-bond donors (Lipinski definition) is 1. The maximum atomic E-state index is 12.0. The molecule has 1 amide bonds. The Morgan fingerprint density at radius 2 is 2.31 bits per heavy atom. The third-order valence-electron chi connectivity index (χ3n) is 2.80. The topological polar surface area (TPSA) is 62.5 Å². The fourth-order valence-electron chi connectivity index (χ4n) is 1.86. The van der Waals surface area contributed by atoms with Gasteiger partial charge in [0.05, 0.1) is 6.10 Å². The van der Waals surface area contributed by atoms with Gasteiger partial charge in [-0.05, 0) is 18.6 Å². The number of pyridine rings is 1. The van der Waals surface area contributed by atoms with Gasteiger partial charge >= 0.3 is 0 Å². The summed E-state index contributed by atoms with van der Waals surface area (Å²) >= 11 is 0. The molecule has 2 rings (SSSR count). The largest absolute Gasteiger partial charge is 0.391 e. The van der Waals surface area contributed by atoms with Crippen LogP contribution in [0.1, 0.15) is 16.8 Å². The summed E-state index contributed by atoms with van der Waals surface area (Å²) < 4.78 is 1.37. The van der Waals surface area contributed by atoms with Crippen LogP contribution in [0.4, 0.5) is 0 Å². The van der Waals surface area contributed by atoms with E-state index >= 15 is 0 Å². The van der Waals surface area contributed by atoms with E-state index in [0.29, 0.717) is 19.5 Å². The summed E-state index contributed by atoms with van der Waals surface area (Å²) in [5, 5.41) is 9.34. The number of aliphatic hydroxyl groups is 1. The molecule has 0 aromatic carbocycles. The molecule has 0 unspecified atom stereocenters. The standard InChI is InChI=1S/C11H14N2O3/c1-12-5-2-3-9(10(12)15)11(16)13-6-4-8(14)7-13/h2-3,5,8,14H,4,6-7H2,1H3/t8-/m1/s1. The number of β-amino-alcohol motifs (C(OH)–C–C–N with tert-alkyl or cyclic N) is 1. The first-order valence-corrected chi connectivity index (χ1v) is 5.22. The van der Waals surface area contributed by atoms with Crippen molar-refractivity contribution >= 4 is 5.91 Å². The minimum absolute atomic E-state index is 0.166. The predicted octanol–water partition coefficient (Wildman–Crippen LogP) is -0.408. The summed E-state index contributed by atoms with van der Waals surface area (Å²) in [6, 6.07) is 3.19. The molecule has 1 aromatic rings. The number of carbonyl (C=O) groups is 1. The first kappa shape index (κ1) is 10.9. The molecule has 0 spiro atoms. The number of nitrogens with zero attached hydrogens (tertiary/aromatic N) is 2. The van der Waals surface area contributed by atoms with Crippen molar-refractivity contribution in [2.75, 3.05) is 13.1 Å². The first-order chi connectivity index (χ1) is 7.59. The smallest absolute Gasteiger partial charge is 0.263 e. The molecular formula is C11H14N2O3. The number of aromatic nitrogens is 1. The molecule has 2 heterocycles. The van der Waals surface area contributed by atoms with Crippen LogP contribution in [0.5, 0.6) is 0 Å². The molecule has 86 valence electrons. The molecule has 0 radical (unpaired) electrons. The van der Waals surface area contributed by atoms with E-state index in [-0.39, 0.29) is 17.0 Å². The van der Waals surface area contributed by atoms with Gasteiger partial charge in [-0.25, -0.2) is 0 Å². The average Bonchev–Trinajstić information content (AvgIpc) is 2.68. The van der Waals surface area contributed by atoms with Crippen LogP contribution in [0.15, 0.2) is 23.1 Å². The van der Waals surface area contributed by atoms with E-state index in [1.165, 1.54) is 15.5 Å². The number of aryl methyl sites for hydroxylation is 1. The number of rotatable bonds is 1. The Morgan fingerprint density at radius 3 is 2.94 bits per heavy atom. The quantitative estimate of drug-likeness (QED) is 0.702. The van der Waals surface area contributed by atoms with Crippen LogP contribution in [0.3, 0.4) is 0 Å². The average molecular weight is 222 g/mol. The highest BCUT2D eigenvalue weighted by Crippen LogP contribution is 2.11. The zero-order valence-electron chi connectivity index (χ0n) is 9.09. The van der Waals surface area contributed by atoms with E-state index in [9.17, 15) is 14.7 Å². The monoisotopic (exact) mass is 222 g/mol. The molecule has 1 aliphatic heterocycles. The summed E-state index contributed by atoms with van der Waals surface area (Å²) in [5.74, 6) is -0.294. The fraction of sp³-hybridized carbons (Fsp3) is 0.455. The summed E-state index contributed by atoms with van der Waals surface area (Å²) in [5.41, 5.74) is -0.131. The van der Waals surface area contributed by atoms with Crippen molar-refractivity contribution in [3.8, 4) is 0 Å². The Labute approximate surface area is 92.9 Å². The molecule has 0 aliphatic carbocycles. The molecule has 1 atom stereocenters. The van der Waals surface area contributed by atoms with Crippen LogP contribution in [0.25, 0.3) is 0 Å². The van der Waals surface area contributed by atoms with Crippen LogP contribution < -0.4 is 5.56 Å². The van der Waals surface area contributed by atoms with Crippen LogP contribution in [-0.4, -0.2) is 39.7 Å². The van der Waals surface area contributed by atoms with Crippen molar-refractivity contribution in [1.82, 2.24) is 9.47 Å². The highest BCUT2D eigenvalue weighted by Gasteiger charge is 2.26. The van der Waals surface area contributed by atoms with Gasteiger partial charge in [-0.15, -0.1) is 0 Å². The second-order valence-electron chi connectivity index (χ2n) is 4.03. The second kappa shape index (κ2) is 4.09. The lowest BCUT2D eigenvalue weighted by Crippen LogP contribution is -2.35. The lowest BCUT2D eigenvalue weighted by Gasteiger charge is -2.15. The molecular weight excluding hydrogens is 208 g/mol. The molecule has 5 nitrogen and oxygen atoms in total. The SMILES string of the molecule is Cn1cccc(C(=O)N2CC[C@@H](O)C2)c1=O. The van der Waals surface area contributed by atoms with Crippen molar-refractivity contribution in [3.05, 3.63) is 34.2 Å². The van der Waals surface area contributed by atoms with Crippen molar-refractivity contribution < 1.29 is 9.90 Å². The summed E-state index contributed by atoms with van der Waals surface area (Å²) in [4.78, 5) is 25.2. The summed E-state index contributed by atoms with van der Waals surface area (Å²) in [6.45, 7) is 0.828. The highest BCUT2D eigenvalue weighted by atomic mass is 16.3.